The molecule has 98 valence electrons. The molecular formula is C12H23N3O2. The molecule has 0 unspecified atom stereocenters. The van der Waals surface area contributed by atoms with Gasteiger partial charge in [-0.05, 0) is 25.9 Å². The summed E-state index contributed by atoms with van der Waals surface area (Å²) < 4.78 is 0. The second kappa shape index (κ2) is 7.27. The van der Waals surface area contributed by atoms with E-state index in [0.29, 0.717) is 6.54 Å². The summed E-state index contributed by atoms with van der Waals surface area (Å²) in [5.74, 6) is -0.0309. The molecule has 0 radical (unpaired) electrons. The smallest absolute Gasteiger partial charge is 0.241 e. The Morgan fingerprint density at radius 2 is 1.76 bits per heavy atom. The quantitative estimate of drug-likeness (QED) is 0.716. The molecule has 1 saturated heterocycles. The molecule has 17 heavy (non-hydrogen) atoms. The Hall–Kier alpha value is -1.10. The molecule has 0 spiro atoms. The number of likely N-dealkylation sites (N-methyl/N-ethyl adjacent to an activating group) is 1. The van der Waals surface area contributed by atoms with Crippen molar-refractivity contribution in [1.29, 1.82) is 0 Å². The molecule has 1 rings (SSSR count). The van der Waals surface area contributed by atoms with Crippen LogP contribution in [-0.2, 0) is 9.59 Å². The first kappa shape index (κ1) is 14.0. The standard InChI is InChI=1S/C12H23N3O2/c1-3-14(4-2)10-11(16)13-9-12(17)15-7-5-6-8-15/h3-10H2,1-2H3,(H,13,16). The van der Waals surface area contributed by atoms with E-state index in [1.165, 1.54) is 0 Å². The van der Waals surface area contributed by atoms with Crippen LogP contribution in [0.4, 0.5) is 0 Å². The highest BCUT2D eigenvalue weighted by atomic mass is 16.2. The van der Waals surface area contributed by atoms with E-state index in [-0.39, 0.29) is 18.4 Å². The summed E-state index contributed by atoms with van der Waals surface area (Å²) in [6.45, 7) is 7.93. The van der Waals surface area contributed by atoms with Crippen LogP contribution in [0.15, 0.2) is 0 Å². The maximum absolute atomic E-state index is 11.7. The third-order valence-corrected chi connectivity index (χ3v) is 3.16. The molecule has 0 bridgehead atoms. The Kier molecular flexibility index (Phi) is 5.97. The number of nitrogens with zero attached hydrogens (tertiary/aromatic N) is 2. The van der Waals surface area contributed by atoms with E-state index in [1.807, 2.05) is 23.6 Å². The number of likely N-dealkylation sites (tertiary alicyclic amines) is 1. The van der Waals surface area contributed by atoms with Gasteiger partial charge < -0.3 is 10.2 Å². The van der Waals surface area contributed by atoms with Crippen LogP contribution in [0.25, 0.3) is 0 Å². The largest absolute Gasteiger partial charge is 0.346 e. The minimum atomic E-state index is -0.0683. The second-order valence-corrected chi connectivity index (χ2v) is 4.33. The van der Waals surface area contributed by atoms with Crippen LogP contribution in [0.5, 0.6) is 0 Å². The fraction of sp³-hybridized carbons (Fsp3) is 0.833. The van der Waals surface area contributed by atoms with Gasteiger partial charge in [-0.2, -0.15) is 0 Å². The van der Waals surface area contributed by atoms with Crippen LogP contribution >= 0.6 is 0 Å². The first-order valence-corrected chi connectivity index (χ1v) is 6.44. The van der Waals surface area contributed by atoms with Crippen molar-refractivity contribution in [3.05, 3.63) is 0 Å². The molecule has 1 heterocycles. The van der Waals surface area contributed by atoms with Crippen LogP contribution in [0, 0.1) is 0 Å². The maximum Gasteiger partial charge on any atom is 0.241 e. The first-order valence-electron chi connectivity index (χ1n) is 6.44. The molecule has 1 N–H and O–H groups in total. The van der Waals surface area contributed by atoms with Crippen molar-refractivity contribution in [2.75, 3.05) is 39.3 Å². The molecule has 1 aliphatic rings. The molecule has 0 aromatic carbocycles. The topological polar surface area (TPSA) is 52.7 Å². The van der Waals surface area contributed by atoms with Crippen molar-refractivity contribution in [2.24, 2.45) is 0 Å². The summed E-state index contributed by atoms with van der Waals surface area (Å²) in [5, 5.41) is 2.69. The lowest BCUT2D eigenvalue weighted by Gasteiger charge is -2.18. The Morgan fingerprint density at radius 3 is 2.29 bits per heavy atom. The zero-order valence-corrected chi connectivity index (χ0v) is 10.9. The monoisotopic (exact) mass is 241 g/mol. The Labute approximate surface area is 103 Å². The molecule has 0 aromatic rings. The summed E-state index contributed by atoms with van der Waals surface area (Å²) in [6.07, 6.45) is 2.16. The minimum Gasteiger partial charge on any atom is -0.346 e. The van der Waals surface area contributed by atoms with Gasteiger partial charge in [-0.3, -0.25) is 14.5 Å². The van der Waals surface area contributed by atoms with Crippen LogP contribution in [-0.4, -0.2) is 60.9 Å². The van der Waals surface area contributed by atoms with Gasteiger partial charge >= 0.3 is 0 Å². The van der Waals surface area contributed by atoms with Gasteiger partial charge in [0, 0.05) is 13.1 Å². The lowest BCUT2D eigenvalue weighted by Crippen LogP contribution is -2.42. The number of hydrogen-bond acceptors (Lipinski definition) is 3. The van der Waals surface area contributed by atoms with Gasteiger partial charge in [-0.1, -0.05) is 13.8 Å². The molecule has 2 amide bonds. The average Bonchev–Trinajstić information content (AvgIpc) is 2.86. The number of amides is 2. The van der Waals surface area contributed by atoms with E-state index in [4.69, 9.17) is 0 Å². The van der Waals surface area contributed by atoms with Gasteiger partial charge in [0.2, 0.25) is 11.8 Å². The highest BCUT2D eigenvalue weighted by Crippen LogP contribution is 2.06. The van der Waals surface area contributed by atoms with E-state index < -0.39 is 0 Å². The molecule has 1 aliphatic heterocycles. The molecule has 0 aliphatic carbocycles. The van der Waals surface area contributed by atoms with Gasteiger partial charge in [-0.15, -0.1) is 0 Å². The third kappa shape index (κ3) is 4.73. The zero-order valence-electron chi connectivity index (χ0n) is 10.9. The number of hydrogen-bond donors (Lipinski definition) is 1. The van der Waals surface area contributed by atoms with Gasteiger partial charge in [0.1, 0.15) is 0 Å². The lowest BCUT2D eigenvalue weighted by atomic mass is 10.4. The summed E-state index contributed by atoms with van der Waals surface area (Å²) >= 11 is 0. The predicted octanol–water partition coefficient (Wildman–Crippen LogP) is 0.0668. The SMILES string of the molecule is CCN(CC)CC(=O)NCC(=O)N1CCCC1. The molecule has 1 fully saturated rings. The van der Waals surface area contributed by atoms with Crippen LogP contribution in [0.2, 0.25) is 0 Å². The van der Waals surface area contributed by atoms with Crippen LogP contribution in [0.3, 0.4) is 0 Å². The Morgan fingerprint density at radius 1 is 1.18 bits per heavy atom. The average molecular weight is 241 g/mol. The van der Waals surface area contributed by atoms with Crippen molar-refractivity contribution < 1.29 is 9.59 Å². The third-order valence-electron chi connectivity index (χ3n) is 3.16. The fourth-order valence-corrected chi connectivity index (χ4v) is 1.96. The van der Waals surface area contributed by atoms with Gasteiger partial charge in [-0.25, -0.2) is 0 Å². The van der Waals surface area contributed by atoms with Crippen molar-refractivity contribution >= 4 is 11.8 Å². The fourth-order valence-electron chi connectivity index (χ4n) is 1.96. The molecule has 5 heteroatoms. The molecule has 0 aromatic heterocycles. The number of carbonyl (C=O) groups excluding carboxylic acids is 2. The molecule has 5 nitrogen and oxygen atoms in total. The number of rotatable bonds is 6. The Balaban J connectivity index is 2.20. The van der Waals surface area contributed by atoms with Crippen LogP contribution in [0.1, 0.15) is 26.7 Å². The van der Waals surface area contributed by atoms with Crippen molar-refractivity contribution in [2.45, 2.75) is 26.7 Å². The van der Waals surface area contributed by atoms with E-state index in [2.05, 4.69) is 5.32 Å². The summed E-state index contributed by atoms with van der Waals surface area (Å²) in [4.78, 5) is 27.1. The second-order valence-electron chi connectivity index (χ2n) is 4.33. The minimum absolute atomic E-state index is 0.0374. The van der Waals surface area contributed by atoms with Crippen LogP contribution < -0.4 is 5.32 Å². The maximum atomic E-state index is 11.7. The van der Waals surface area contributed by atoms with E-state index >= 15 is 0 Å². The molecule has 0 atom stereocenters. The van der Waals surface area contributed by atoms with Gasteiger partial charge in [0.05, 0.1) is 13.1 Å². The van der Waals surface area contributed by atoms with Crippen molar-refractivity contribution in [3.8, 4) is 0 Å². The number of carbonyl (C=O) groups is 2. The molecule has 0 saturated carbocycles. The highest BCUT2D eigenvalue weighted by molar-refractivity contribution is 5.85. The lowest BCUT2D eigenvalue weighted by molar-refractivity contribution is -0.132. The highest BCUT2D eigenvalue weighted by Gasteiger charge is 2.18. The van der Waals surface area contributed by atoms with E-state index in [0.717, 1.165) is 39.0 Å². The van der Waals surface area contributed by atoms with E-state index in [1.54, 1.807) is 0 Å². The molecular weight excluding hydrogens is 218 g/mol. The van der Waals surface area contributed by atoms with E-state index in [9.17, 15) is 9.59 Å². The predicted molar refractivity (Wildman–Crippen MR) is 66.6 cm³/mol. The first-order chi connectivity index (χ1) is 8.17. The van der Waals surface area contributed by atoms with Crippen molar-refractivity contribution in [3.63, 3.8) is 0 Å². The normalized spacial score (nSPS) is 15.4. The van der Waals surface area contributed by atoms with Gasteiger partial charge in [0.25, 0.3) is 0 Å². The van der Waals surface area contributed by atoms with Gasteiger partial charge in [0.15, 0.2) is 0 Å². The summed E-state index contributed by atoms with van der Waals surface area (Å²) in [7, 11) is 0. The number of nitrogens with one attached hydrogen (secondary N) is 1. The summed E-state index contributed by atoms with van der Waals surface area (Å²) in [5.41, 5.74) is 0. The van der Waals surface area contributed by atoms with Crippen molar-refractivity contribution in [1.82, 2.24) is 15.1 Å². The Bertz CT molecular complexity index is 258. The summed E-state index contributed by atoms with van der Waals surface area (Å²) in [6, 6.07) is 0. The zero-order chi connectivity index (χ0) is 12.7.